The molecule has 3 nitrogen and oxygen atoms in total. The minimum atomic E-state index is 0.0865. The number of benzene rings is 1. The largest absolute Gasteiger partial charge is 0.508 e. The molecule has 0 saturated carbocycles. The molecule has 0 unspecified atom stereocenters. The van der Waals surface area contributed by atoms with Crippen LogP contribution in [0, 0.1) is 0 Å². The Labute approximate surface area is 68.9 Å². The summed E-state index contributed by atoms with van der Waals surface area (Å²) >= 11 is 0. The molecule has 0 bridgehead atoms. The molecule has 2 rings (SSSR count). The lowest BCUT2D eigenvalue weighted by Crippen LogP contribution is -1.76. The summed E-state index contributed by atoms with van der Waals surface area (Å²) in [6.45, 7) is 0. The van der Waals surface area contributed by atoms with Gasteiger partial charge in [0.15, 0.2) is 0 Å². The molecular weight excluding hydrogens is 154 g/mol. The number of aromatic hydroxyl groups is 2. The Morgan fingerprint density at radius 1 is 1.08 bits per heavy atom. The van der Waals surface area contributed by atoms with Crippen molar-refractivity contribution in [3.63, 3.8) is 0 Å². The first kappa shape index (κ1) is 6.91. The molecule has 3 heteroatoms. The molecule has 0 aliphatic rings. The predicted octanol–water partition coefficient (Wildman–Crippen LogP) is 1.65. The van der Waals surface area contributed by atoms with Crippen molar-refractivity contribution in [3.8, 4) is 11.5 Å². The second-order valence-electron chi connectivity index (χ2n) is 2.56. The van der Waals surface area contributed by atoms with E-state index in [1.807, 2.05) is 0 Å². The van der Waals surface area contributed by atoms with Gasteiger partial charge in [-0.3, -0.25) is 4.98 Å². The molecule has 0 aliphatic carbocycles. The topological polar surface area (TPSA) is 53.4 Å². The number of phenols is 1. The molecule has 1 heterocycles. The molecule has 12 heavy (non-hydrogen) atoms. The molecule has 1 aromatic carbocycles. The summed E-state index contributed by atoms with van der Waals surface area (Å²) in [5.41, 5.74) is 0. The number of rotatable bonds is 0. The van der Waals surface area contributed by atoms with Crippen LogP contribution < -0.4 is 0 Å². The average molecular weight is 161 g/mol. The third-order valence-corrected chi connectivity index (χ3v) is 1.72. The van der Waals surface area contributed by atoms with Gasteiger partial charge in [0.1, 0.15) is 11.5 Å². The minimum Gasteiger partial charge on any atom is -0.508 e. The van der Waals surface area contributed by atoms with Crippen molar-refractivity contribution >= 4 is 10.8 Å². The molecule has 0 aliphatic heterocycles. The van der Waals surface area contributed by atoms with Crippen LogP contribution in [0.5, 0.6) is 11.5 Å². The summed E-state index contributed by atoms with van der Waals surface area (Å²) in [7, 11) is 0. The fraction of sp³-hybridized carbons (Fsp3) is 0. The number of pyridine rings is 1. The number of nitrogens with zero attached hydrogens (tertiary/aromatic N) is 1. The van der Waals surface area contributed by atoms with E-state index in [-0.39, 0.29) is 11.5 Å². The van der Waals surface area contributed by atoms with Crippen molar-refractivity contribution in [1.82, 2.24) is 4.98 Å². The van der Waals surface area contributed by atoms with Crippen LogP contribution in [-0.4, -0.2) is 15.2 Å². The van der Waals surface area contributed by atoms with Crippen LogP contribution in [0.1, 0.15) is 0 Å². The van der Waals surface area contributed by atoms with Crippen LogP contribution in [-0.2, 0) is 0 Å². The number of hydrogen-bond acceptors (Lipinski definition) is 3. The number of fused-ring (bicyclic) bond motifs is 1. The zero-order valence-electron chi connectivity index (χ0n) is 6.23. The Morgan fingerprint density at radius 3 is 2.75 bits per heavy atom. The highest BCUT2D eigenvalue weighted by atomic mass is 16.3. The van der Waals surface area contributed by atoms with Crippen LogP contribution >= 0.6 is 0 Å². The molecule has 0 spiro atoms. The van der Waals surface area contributed by atoms with Gasteiger partial charge >= 0.3 is 0 Å². The lowest BCUT2D eigenvalue weighted by molar-refractivity contribution is 0.471. The summed E-state index contributed by atoms with van der Waals surface area (Å²) in [4.78, 5) is 3.81. The van der Waals surface area contributed by atoms with Crippen molar-refractivity contribution in [1.29, 1.82) is 0 Å². The van der Waals surface area contributed by atoms with E-state index in [0.717, 1.165) is 5.39 Å². The van der Waals surface area contributed by atoms with E-state index in [1.165, 1.54) is 12.3 Å². The molecule has 60 valence electrons. The van der Waals surface area contributed by atoms with Gasteiger partial charge < -0.3 is 10.2 Å². The van der Waals surface area contributed by atoms with Crippen LogP contribution in [0.3, 0.4) is 0 Å². The van der Waals surface area contributed by atoms with Crippen LogP contribution in [0.4, 0.5) is 0 Å². The van der Waals surface area contributed by atoms with E-state index >= 15 is 0 Å². The summed E-state index contributed by atoms with van der Waals surface area (Å²) in [6.07, 6.45) is 2.98. The maximum atomic E-state index is 9.32. The van der Waals surface area contributed by atoms with Gasteiger partial charge in [0.25, 0.3) is 0 Å². The minimum absolute atomic E-state index is 0.0865. The van der Waals surface area contributed by atoms with Crippen molar-refractivity contribution in [3.05, 3.63) is 30.6 Å². The zero-order chi connectivity index (χ0) is 8.55. The first-order valence-electron chi connectivity index (χ1n) is 3.53. The predicted molar refractivity (Wildman–Crippen MR) is 45.1 cm³/mol. The van der Waals surface area contributed by atoms with Gasteiger partial charge in [-0.1, -0.05) is 0 Å². The Hall–Kier alpha value is -1.77. The maximum Gasteiger partial charge on any atom is 0.141 e. The molecule has 1 aromatic heterocycles. The summed E-state index contributed by atoms with van der Waals surface area (Å²) in [6, 6.07) is 4.77. The molecule has 2 N–H and O–H groups in total. The van der Waals surface area contributed by atoms with Crippen LogP contribution in [0.25, 0.3) is 10.8 Å². The normalized spacial score (nSPS) is 10.3. The van der Waals surface area contributed by atoms with E-state index in [2.05, 4.69) is 4.98 Å². The van der Waals surface area contributed by atoms with Gasteiger partial charge in [0.05, 0.1) is 6.20 Å². The van der Waals surface area contributed by atoms with Crippen molar-refractivity contribution in [2.45, 2.75) is 0 Å². The molecule has 0 amide bonds. The Balaban J connectivity index is 2.88. The lowest BCUT2D eigenvalue weighted by atomic mass is 10.1. The third kappa shape index (κ3) is 0.955. The van der Waals surface area contributed by atoms with Gasteiger partial charge in [0.2, 0.25) is 0 Å². The van der Waals surface area contributed by atoms with Gasteiger partial charge in [-0.2, -0.15) is 0 Å². The number of phenolic OH excluding ortho intramolecular Hbond substituents is 1. The van der Waals surface area contributed by atoms with Gasteiger partial charge in [-0.05, 0) is 18.2 Å². The third-order valence-electron chi connectivity index (χ3n) is 1.72. The van der Waals surface area contributed by atoms with Gasteiger partial charge in [0, 0.05) is 17.0 Å². The summed E-state index contributed by atoms with van der Waals surface area (Å²) in [5, 5.41) is 19.9. The van der Waals surface area contributed by atoms with E-state index < -0.39 is 0 Å². The van der Waals surface area contributed by atoms with E-state index in [1.54, 1.807) is 18.3 Å². The highest BCUT2D eigenvalue weighted by Crippen LogP contribution is 2.25. The molecule has 0 fully saturated rings. The van der Waals surface area contributed by atoms with E-state index in [4.69, 9.17) is 5.11 Å². The maximum absolute atomic E-state index is 9.32. The lowest BCUT2D eigenvalue weighted by Gasteiger charge is -1.99. The second-order valence-corrected chi connectivity index (χ2v) is 2.56. The zero-order valence-corrected chi connectivity index (χ0v) is 6.23. The van der Waals surface area contributed by atoms with Crippen molar-refractivity contribution < 1.29 is 10.2 Å². The molecule has 0 saturated heterocycles. The molecule has 0 atom stereocenters. The standard InChI is InChI=1S/C9H7NO2/c11-7-2-1-6-4-10-5-9(12)8(6)3-7/h1-5,11-12H. The van der Waals surface area contributed by atoms with Crippen LogP contribution in [0.15, 0.2) is 30.6 Å². The second kappa shape index (κ2) is 2.37. The highest BCUT2D eigenvalue weighted by Gasteiger charge is 1.99. The Morgan fingerprint density at radius 2 is 1.92 bits per heavy atom. The van der Waals surface area contributed by atoms with E-state index in [9.17, 15) is 5.11 Å². The Kier molecular flexibility index (Phi) is 1.37. The van der Waals surface area contributed by atoms with Crippen LogP contribution in [0.2, 0.25) is 0 Å². The van der Waals surface area contributed by atoms with Gasteiger partial charge in [-0.15, -0.1) is 0 Å². The smallest absolute Gasteiger partial charge is 0.141 e. The first-order valence-corrected chi connectivity index (χ1v) is 3.53. The summed E-state index contributed by atoms with van der Waals surface area (Å²) < 4.78 is 0. The number of aromatic nitrogens is 1. The molecular formula is C9H7NO2. The van der Waals surface area contributed by atoms with Crippen molar-refractivity contribution in [2.24, 2.45) is 0 Å². The fourth-order valence-corrected chi connectivity index (χ4v) is 1.14. The molecule has 0 radical (unpaired) electrons. The highest BCUT2D eigenvalue weighted by molar-refractivity contribution is 5.88. The number of hydrogen-bond donors (Lipinski definition) is 2. The van der Waals surface area contributed by atoms with Gasteiger partial charge in [-0.25, -0.2) is 0 Å². The van der Waals surface area contributed by atoms with Crippen molar-refractivity contribution in [2.75, 3.05) is 0 Å². The quantitative estimate of drug-likeness (QED) is 0.617. The summed E-state index contributed by atoms with van der Waals surface area (Å²) in [5.74, 6) is 0.229. The van der Waals surface area contributed by atoms with E-state index in [0.29, 0.717) is 5.39 Å². The monoisotopic (exact) mass is 161 g/mol. The fourth-order valence-electron chi connectivity index (χ4n) is 1.14. The average Bonchev–Trinajstić information content (AvgIpc) is 2.07. The SMILES string of the molecule is Oc1ccc2cncc(O)c2c1. The first-order chi connectivity index (χ1) is 5.77. The molecule has 2 aromatic rings. The Bertz CT molecular complexity index is 426.